The van der Waals surface area contributed by atoms with Crippen molar-refractivity contribution in [1.29, 1.82) is 0 Å². The Labute approximate surface area is 123 Å². The van der Waals surface area contributed by atoms with Gasteiger partial charge in [0, 0.05) is 19.7 Å². The van der Waals surface area contributed by atoms with Crippen LogP contribution in [0.15, 0.2) is 0 Å². The van der Waals surface area contributed by atoms with Crippen LogP contribution in [-0.2, 0) is 4.79 Å². The van der Waals surface area contributed by atoms with E-state index in [9.17, 15) is 18.0 Å². The monoisotopic (exact) mass is 310 g/mol. The van der Waals surface area contributed by atoms with E-state index in [0.29, 0.717) is 32.4 Å². The van der Waals surface area contributed by atoms with E-state index >= 15 is 0 Å². The SMILES string of the molecule is CC(C)(CCO)CNC(=O)C1CCCN(CC(F)(F)F)C1. The van der Waals surface area contributed by atoms with E-state index in [1.807, 2.05) is 13.8 Å². The van der Waals surface area contributed by atoms with Gasteiger partial charge in [0.25, 0.3) is 0 Å². The third-order valence-electron chi connectivity index (χ3n) is 3.81. The molecule has 4 nitrogen and oxygen atoms in total. The van der Waals surface area contributed by atoms with Gasteiger partial charge in [-0.2, -0.15) is 13.2 Å². The lowest BCUT2D eigenvalue weighted by atomic mass is 9.89. The average molecular weight is 310 g/mol. The maximum atomic E-state index is 12.4. The van der Waals surface area contributed by atoms with Gasteiger partial charge in [-0.15, -0.1) is 0 Å². The molecular formula is C14H25F3N2O2. The van der Waals surface area contributed by atoms with Crippen molar-refractivity contribution in [3.05, 3.63) is 0 Å². The molecule has 1 heterocycles. The van der Waals surface area contributed by atoms with E-state index < -0.39 is 12.7 Å². The summed E-state index contributed by atoms with van der Waals surface area (Å²) >= 11 is 0. The van der Waals surface area contributed by atoms with E-state index in [-0.39, 0.29) is 30.4 Å². The lowest BCUT2D eigenvalue weighted by molar-refractivity contribution is -0.152. The van der Waals surface area contributed by atoms with Crippen molar-refractivity contribution in [2.75, 3.05) is 32.8 Å². The van der Waals surface area contributed by atoms with Gasteiger partial charge in [-0.25, -0.2) is 0 Å². The topological polar surface area (TPSA) is 52.6 Å². The minimum atomic E-state index is -4.22. The summed E-state index contributed by atoms with van der Waals surface area (Å²) in [6, 6.07) is 0. The fourth-order valence-electron chi connectivity index (χ4n) is 2.53. The fourth-order valence-corrected chi connectivity index (χ4v) is 2.53. The Morgan fingerprint density at radius 1 is 1.38 bits per heavy atom. The van der Waals surface area contributed by atoms with Gasteiger partial charge in [0.15, 0.2) is 0 Å². The van der Waals surface area contributed by atoms with Crippen molar-refractivity contribution < 1.29 is 23.1 Å². The van der Waals surface area contributed by atoms with Gasteiger partial charge in [-0.3, -0.25) is 9.69 Å². The largest absolute Gasteiger partial charge is 0.401 e. The molecule has 0 saturated carbocycles. The smallest absolute Gasteiger partial charge is 0.396 e. The zero-order valence-electron chi connectivity index (χ0n) is 12.7. The van der Waals surface area contributed by atoms with Crippen LogP contribution in [0.5, 0.6) is 0 Å². The molecule has 0 spiro atoms. The number of rotatable bonds is 6. The first-order valence-corrected chi connectivity index (χ1v) is 7.31. The van der Waals surface area contributed by atoms with Crippen LogP contribution in [0.1, 0.15) is 33.1 Å². The molecule has 0 bridgehead atoms. The predicted octanol–water partition coefficient (Wildman–Crippen LogP) is 1.79. The van der Waals surface area contributed by atoms with E-state index in [1.165, 1.54) is 4.90 Å². The second-order valence-corrected chi connectivity index (χ2v) is 6.55. The number of aliphatic hydroxyl groups is 1. The number of piperidine rings is 1. The number of carbonyl (C=O) groups is 1. The molecular weight excluding hydrogens is 285 g/mol. The molecule has 1 saturated heterocycles. The Morgan fingerprint density at radius 2 is 2.05 bits per heavy atom. The number of hydrogen-bond donors (Lipinski definition) is 2. The number of nitrogens with one attached hydrogen (secondary N) is 1. The van der Waals surface area contributed by atoms with E-state index in [1.54, 1.807) is 0 Å². The van der Waals surface area contributed by atoms with Gasteiger partial charge in [-0.1, -0.05) is 13.8 Å². The summed E-state index contributed by atoms with van der Waals surface area (Å²) in [6.07, 6.45) is -2.42. The zero-order chi connectivity index (χ0) is 16.1. The van der Waals surface area contributed by atoms with Crippen LogP contribution in [0.2, 0.25) is 0 Å². The van der Waals surface area contributed by atoms with Gasteiger partial charge in [0.1, 0.15) is 0 Å². The maximum Gasteiger partial charge on any atom is 0.401 e. The van der Waals surface area contributed by atoms with Crippen LogP contribution in [0.25, 0.3) is 0 Å². The van der Waals surface area contributed by atoms with Gasteiger partial charge >= 0.3 is 6.18 Å². The number of nitrogens with zero attached hydrogens (tertiary/aromatic N) is 1. The van der Waals surface area contributed by atoms with Gasteiger partial charge < -0.3 is 10.4 Å². The molecule has 2 N–H and O–H groups in total. The van der Waals surface area contributed by atoms with Crippen molar-refractivity contribution in [2.45, 2.75) is 39.3 Å². The third-order valence-corrected chi connectivity index (χ3v) is 3.81. The summed E-state index contributed by atoms with van der Waals surface area (Å²) in [5.41, 5.74) is -0.218. The van der Waals surface area contributed by atoms with Crippen LogP contribution >= 0.6 is 0 Å². The first-order chi connectivity index (χ1) is 9.63. The molecule has 0 aromatic rings. The molecule has 7 heteroatoms. The molecule has 0 aliphatic carbocycles. The first kappa shape index (κ1) is 18.2. The van der Waals surface area contributed by atoms with Gasteiger partial charge in [0.05, 0.1) is 12.5 Å². The summed E-state index contributed by atoms with van der Waals surface area (Å²) in [6.45, 7) is 3.92. The van der Waals surface area contributed by atoms with Crippen LogP contribution in [-0.4, -0.2) is 54.9 Å². The Kier molecular flexibility index (Phi) is 6.46. The van der Waals surface area contributed by atoms with Crippen LogP contribution in [0, 0.1) is 11.3 Å². The lowest BCUT2D eigenvalue weighted by Gasteiger charge is -2.33. The highest BCUT2D eigenvalue weighted by Crippen LogP contribution is 2.23. The Balaban J connectivity index is 2.43. The van der Waals surface area contributed by atoms with E-state index in [4.69, 9.17) is 5.11 Å². The van der Waals surface area contributed by atoms with E-state index in [0.717, 1.165) is 0 Å². The molecule has 0 radical (unpaired) electrons. The highest BCUT2D eigenvalue weighted by atomic mass is 19.4. The summed E-state index contributed by atoms with van der Waals surface area (Å²) < 4.78 is 37.2. The maximum absolute atomic E-state index is 12.4. The molecule has 0 aromatic carbocycles. The molecule has 1 rings (SSSR count). The predicted molar refractivity (Wildman–Crippen MR) is 73.7 cm³/mol. The molecule has 1 aliphatic heterocycles. The normalized spacial score (nSPS) is 21.3. The molecule has 1 atom stereocenters. The summed E-state index contributed by atoms with van der Waals surface area (Å²) in [5.74, 6) is -0.570. The summed E-state index contributed by atoms with van der Waals surface area (Å²) in [4.78, 5) is 13.4. The number of likely N-dealkylation sites (tertiary alicyclic amines) is 1. The number of halogens is 3. The molecule has 0 aromatic heterocycles. The lowest BCUT2D eigenvalue weighted by Crippen LogP contribution is -2.47. The molecule has 1 fully saturated rings. The molecule has 1 aliphatic rings. The summed E-state index contributed by atoms with van der Waals surface area (Å²) in [7, 11) is 0. The minimum absolute atomic E-state index is 0.0473. The quantitative estimate of drug-likeness (QED) is 0.786. The average Bonchev–Trinajstić information content (AvgIpc) is 2.34. The van der Waals surface area contributed by atoms with Crippen molar-refractivity contribution in [2.24, 2.45) is 11.3 Å². The summed E-state index contributed by atoms with van der Waals surface area (Å²) in [5, 5.41) is 11.7. The van der Waals surface area contributed by atoms with Gasteiger partial charge in [0.2, 0.25) is 5.91 Å². The van der Waals surface area contributed by atoms with E-state index in [2.05, 4.69) is 5.32 Å². The molecule has 1 amide bonds. The number of hydrogen-bond acceptors (Lipinski definition) is 3. The Hall–Kier alpha value is -0.820. The van der Waals surface area contributed by atoms with Crippen molar-refractivity contribution in [1.82, 2.24) is 10.2 Å². The van der Waals surface area contributed by atoms with Crippen molar-refractivity contribution in [3.63, 3.8) is 0 Å². The molecule has 21 heavy (non-hydrogen) atoms. The van der Waals surface area contributed by atoms with Crippen LogP contribution < -0.4 is 5.32 Å². The Bertz CT molecular complexity index is 346. The highest BCUT2D eigenvalue weighted by Gasteiger charge is 2.34. The number of aliphatic hydroxyl groups excluding tert-OH is 1. The molecule has 124 valence electrons. The highest BCUT2D eigenvalue weighted by molar-refractivity contribution is 5.79. The number of amides is 1. The zero-order valence-corrected chi connectivity index (χ0v) is 12.7. The second kappa shape index (κ2) is 7.45. The number of alkyl halides is 3. The Morgan fingerprint density at radius 3 is 2.62 bits per heavy atom. The second-order valence-electron chi connectivity index (χ2n) is 6.55. The standard InChI is InChI=1S/C14H25F3N2O2/c1-13(2,5-7-20)9-18-12(21)11-4-3-6-19(8-11)10-14(15,16)17/h11,20H,3-10H2,1-2H3,(H,18,21). The van der Waals surface area contributed by atoms with Crippen molar-refractivity contribution in [3.8, 4) is 0 Å². The first-order valence-electron chi connectivity index (χ1n) is 7.31. The minimum Gasteiger partial charge on any atom is -0.396 e. The van der Waals surface area contributed by atoms with Crippen LogP contribution in [0.4, 0.5) is 13.2 Å². The fraction of sp³-hybridized carbons (Fsp3) is 0.929. The van der Waals surface area contributed by atoms with Crippen molar-refractivity contribution >= 4 is 5.91 Å². The van der Waals surface area contributed by atoms with Gasteiger partial charge in [-0.05, 0) is 31.2 Å². The third kappa shape index (κ3) is 7.13. The van der Waals surface area contributed by atoms with Crippen LogP contribution in [0.3, 0.4) is 0 Å². The number of carbonyl (C=O) groups excluding carboxylic acids is 1. The molecule has 1 unspecified atom stereocenters.